The second-order valence-electron chi connectivity index (χ2n) is 2.50. The van der Waals surface area contributed by atoms with E-state index in [4.69, 9.17) is 19.7 Å². The zero-order valence-corrected chi connectivity index (χ0v) is 8.40. The highest BCUT2D eigenvalue weighted by molar-refractivity contribution is 4.86. The molecule has 0 amide bonds. The van der Waals surface area contributed by atoms with Gasteiger partial charge in [0.05, 0.1) is 6.54 Å². The fraction of sp³-hybridized carbons (Fsp3) is 0.750. The molecule has 6 heteroatoms. The van der Waals surface area contributed by atoms with Crippen LogP contribution in [0, 0.1) is 0 Å². The Morgan fingerprint density at radius 3 is 2.43 bits per heavy atom. The molecule has 2 N–H and O–H groups in total. The van der Waals surface area contributed by atoms with Crippen molar-refractivity contribution in [1.29, 1.82) is 0 Å². The maximum Gasteiger partial charge on any atom is 0.283 e. The van der Waals surface area contributed by atoms with Gasteiger partial charge in [0.15, 0.2) is 5.82 Å². The largest absolute Gasteiger partial charge is 0.345 e. The maximum absolute atomic E-state index is 5.34. The zero-order valence-electron chi connectivity index (χ0n) is 8.40. The summed E-state index contributed by atoms with van der Waals surface area (Å²) in [6.45, 7) is 5.02. The number of aromatic nitrogens is 2. The highest BCUT2D eigenvalue weighted by Gasteiger charge is 2.18. The molecule has 0 fully saturated rings. The van der Waals surface area contributed by atoms with E-state index in [1.165, 1.54) is 0 Å². The van der Waals surface area contributed by atoms with Gasteiger partial charge in [-0.25, -0.2) is 0 Å². The Kier molecular flexibility index (Phi) is 4.51. The smallest absolute Gasteiger partial charge is 0.283 e. The molecule has 0 radical (unpaired) electrons. The van der Waals surface area contributed by atoms with Gasteiger partial charge in [0.2, 0.25) is 6.29 Å². The molecule has 14 heavy (non-hydrogen) atoms. The van der Waals surface area contributed by atoms with Crippen molar-refractivity contribution in [2.24, 2.45) is 5.73 Å². The average molecular weight is 201 g/mol. The fourth-order valence-electron chi connectivity index (χ4n) is 0.940. The van der Waals surface area contributed by atoms with Crippen LogP contribution in [0.25, 0.3) is 0 Å². The molecule has 0 aliphatic heterocycles. The molecule has 1 heterocycles. The van der Waals surface area contributed by atoms with Gasteiger partial charge in [-0.15, -0.1) is 0 Å². The molecule has 0 saturated heterocycles. The van der Waals surface area contributed by atoms with E-state index in [2.05, 4.69) is 10.1 Å². The molecule has 6 nitrogen and oxygen atoms in total. The van der Waals surface area contributed by atoms with E-state index in [1.54, 1.807) is 0 Å². The van der Waals surface area contributed by atoms with Gasteiger partial charge in [-0.05, 0) is 13.8 Å². The van der Waals surface area contributed by atoms with E-state index < -0.39 is 6.29 Å². The van der Waals surface area contributed by atoms with Crippen molar-refractivity contribution in [3.05, 3.63) is 11.7 Å². The lowest BCUT2D eigenvalue weighted by Crippen LogP contribution is -2.09. The summed E-state index contributed by atoms with van der Waals surface area (Å²) >= 11 is 0. The lowest BCUT2D eigenvalue weighted by Gasteiger charge is -2.11. The molecule has 1 aromatic heterocycles. The summed E-state index contributed by atoms with van der Waals surface area (Å²) in [4.78, 5) is 4.01. The SMILES string of the molecule is CCOC(OCC)c1nc(CN)no1. The summed E-state index contributed by atoms with van der Waals surface area (Å²) in [6.07, 6.45) is -0.585. The van der Waals surface area contributed by atoms with Crippen LogP contribution in [0.3, 0.4) is 0 Å². The van der Waals surface area contributed by atoms with Crippen LogP contribution in [-0.2, 0) is 16.0 Å². The van der Waals surface area contributed by atoms with Crippen molar-refractivity contribution in [1.82, 2.24) is 10.1 Å². The number of hydrogen-bond donors (Lipinski definition) is 1. The van der Waals surface area contributed by atoms with Crippen LogP contribution < -0.4 is 5.73 Å². The van der Waals surface area contributed by atoms with Crippen LogP contribution in [-0.4, -0.2) is 23.4 Å². The van der Waals surface area contributed by atoms with Crippen molar-refractivity contribution in [2.45, 2.75) is 26.7 Å². The van der Waals surface area contributed by atoms with Crippen LogP contribution in [0.4, 0.5) is 0 Å². The first-order chi connectivity index (χ1) is 6.81. The molecule has 0 unspecified atom stereocenters. The number of hydrogen-bond acceptors (Lipinski definition) is 6. The highest BCUT2D eigenvalue weighted by atomic mass is 16.7. The minimum absolute atomic E-state index is 0.245. The first-order valence-electron chi connectivity index (χ1n) is 4.57. The van der Waals surface area contributed by atoms with Crippen molar-refractivity contribution < 1.29 is 14.0 Å². The van der Waals surface area contributed by atoms with Crippen LogP contribution in [0.1, 0.15) is 31.9 Å². The molecule has 0 aliphatic carbocycles. The normalized spacial score (nSPS) is 11.1. The number of rotatable bonds is 6. The molecule has 0 aromatic carbocycles. The lowest BCUT2D eigenvalue weighted by molar-refractivity contribution is -0.155. The van der Waals surface area contributed by atoms with Gasteiger partial charge in [0, 0.05) is 13.2 Å². The van der Waals surface area contributed by atoms with Crippen LogP contribution >= 0.6 is 0 Å². The molecule has 1 rings (SSSR count). The van der Waals surface area contributed by atoms with Gasteiger partial charge in [0.25, 0.3) is 5.89 Å². The van der Waals surface area contributed by atoms with Crippen molar-refractivity contribution >= 4 is 0 Å². The topological polar surface area (TPSA) is 83.4 Å². The third kappa shape index (κ3) is 2.76. The summed E-state index contributed by atoms with van der Waals surface area (Å²) in [5.74, 6) is 0.763. The second-order valence-corrected chi connectivity index (χ2v) is 2.50. The van der Waals surface area contributed by atoms with Crippen LogP contribution in [0.15, 0.2) is 4.52 Å². The van der Waals surface area contributed by atoms with Crippen molar-refractivity contribution in [3.8, 4) is 0 Å². The Morgan fingerprint density at radius 1 is 1.36 bits per heavy atom. The van der Waals surface area contributed by atoms with Gasteiger partial charge in [-0.1, -0.05) is 5.16 Å². The molecule has 0 saturated carbocycles. The molecular weight excluding hydrogens is 186 g/mol. The van der Waals surface area contributed by atoms with Crippen molar-refractivity contribution in [2.75, 3.05) is 13.2 Å². The lowest BCUT2D eigenvalue weighted by atomic mass is 10.6. The molecule has 0 atom stereocenters. The summed E-state index contributed by atoms with van der Waals surface area (Å²) in [5, 5.41) is 3.65. The maximum atomic E-state index is 5.34. The van der Waals surface area contributed by atoms with E-state index in [1.807, 2.05) is 13.8 Å². The molecular formula is C8H15N3O3. The molecule has 0 bridgehead atoms. The quantitative estimate of drug-likeness (QED) is 0.678. The zero-order chi connectivity index (χ0) is 10.4. The molecule has 0 aliphatic rings. The molecule has 0 spiro atoms. The average Bonchev–Trinajstić information content (AvgIpc) is 2.65. The Labute approximate surface area is 82.4 Å². The standard InChI is InChI=1S/C8H15N3O3/c1-3-12-8(13-4-2)7-10-6(5-9)11-14-7/h8H,3-5,9H2,1-2H3. The monoisotopic (exact) mass is 201 g/mol. The van der Waals surface area contributed by atoms with E-state index in [0.717, 1.165) is 0 Å². The van der Waals surface area contributed by atoms with Gasteiger partial charge in [0.1, 0.15) is 0 Å². The minimum atomic E-state index is -0.585. The predicted molar refractivity (Wildman–Crippen MR) is 48.2 cm³/mol. The Bertz CT molecular complexity index is 258. The van der Waals surface area contributed by atoms with Gasteiger partial charge >= 0.3 is 0 Å². The third-order valence-corrected chi connectivity index (χ3v) is 1.50. The van der Waals surface area contributed by atoms with Crippen LogP contribution in [0.5, 0.6) is 0 Å². The molecule has 1 aromatic rings. The summed E-state index contributed by atoms with van der Waals surface area (Å²) in [7, 11) is 0. The van der Waals surface area contributed by atoms with E-state index in [0.29, 0.717) is 24.9 Å². The number of ether oxygens (including phenoxy) is 2. The van der Waals surface area contributed by atoms with Crippen LogP contribution in [0.2, 0.25) is 0 Å². The van der Waals surface area contributed by atoms with Crippen molar-refractivity contribution in [3.63, 3.8) is 0 Å². The minimum Gasteiger partial charge on any atom is -0.345 e. The fourth-order valence-corrected chi connectivity index (χ4v) is 0.940. The van der Waals surface area contributed by atoms with Gasteiger partial charge in [-0.2, -0.15) is 4.98 Å². The summed E-state index contributed by atoms with van der Waals surface area (Å²) in [6, 6.07) is 0. The molecule has 80 valence electrons. The first kappa shape index (κ1) is 11.1. The Balaban J connectivity index is 2.65. The predicted octanol–water partition coefficient (Wildman–Crippen LogP) is 0.600. The van der Waals surface area contributed by atoms with E-state index in [9.17, 15) is 0 Å². The third-order valence-electron chi connectivity index (χ3n) is 1.50. The summed E-state index contributed by atoms with van der Waals surface area (Å²) < 4.78 is 15.5. The highest BCUT2D eigenvalue weighted by Crippen LogP contribution is 2.16. The summed E-state index contributed by atoms with van der Waals surface area (Å²) in [5.41, 5.74) is 5.34. The van der Waals surface area contributed by atoms with E-state index in [-0.39, 0.29) is 6.54 Å². The number of nitrogens with zero attached hydrogens (tertiary/aromatic N) is 2. The Hall–Kier alpha value is -0.980. The second kappa shape index (κ2) is 5.69. The van der Waals surface area contributed by atoms with Gasteiger partial charge < -0.3 is 19.7 Å². The van der Waals surface area contributed by atoms with Gasteiger partial charge in [-0.3, -0.25) is 0 Å². The van der Waals surface area contributed by atoms with E-state index >= 15 is 0 Å². The Morgan fingerprint density at radius 2 is 2.00 bits per heavy atom. The first-order valence-corrected chi connectivity index (χ1v) is 4.57. The number of nitrogens with two attached hydrogens (primary N) is 1.